The van der Waals surface area contributed by atoms with E-state index >= 15 is 0 Å². The van der Waals surface area contributed by atoms with Gasteiger partial charge in [0.25, 0.3) is 0 Å². The van der Waals surface area contributed by atoms with Gasteiger partial charge in [-0.15, -0.1) is 0 Å². The second-order valence-corrected chi connectivity index (χ2v) is 5.86. The Morgan fingerprint density at radius 3 is 2.64 bits per heavy atom. The number of nitrogens with zero attached hydrogens (tertiary/aromatic N) is 4. The highest BCUT2D eigenvalue weighted by atomic mass is 15.2. The number of benzene rings is 1. The topological polar surface area (TPSA) is 81.7 Å². The number of fused-ring (bicyclic) bond motifs is 1. The molecule has 0 aliphatic heterocycles. The molecule has 3 N–H and O–H groups in total. The van der Waals surface area contributed by atoms with Crippen molar-refractivity contribution in [1.82, 2.24) is 19.5 Å². The highest BCUT2D eigenvalue weighted by Crippen LogP contribution is 2.24. The zero-order valence-corrected chi connectivity index (χ0v) is 13.8. The van der Waals surface area contributed by atoms with Crippen molar-refractivity contribution in [3.63, 3.8) is 0 Å². The third-order valence-corrected chi connectivity index (χ3v) is 4.14. The molecule has 0 spiro atoms. The van der Waals surface area contributed by atoms with Gasteiger partial charge in [-0.2, -0.15) is 0 Å². The van der Waals surface area contributed by atoms with Gasteiger partial charge in [-0.25, -0.2) is 9.97 Å². The predicted octanol–water partition coefficient (Wildman–Crippen LogP) is 3.22. The Labute approximate surface area is 145 Å². The Hall–Kier alpha value is -3.41. The largest absolute Gasteiger partial charge is 0.384 e. The molecule has 0 atom stereocenters. The summed E-state index contributed by atoms with van der Waals surface area (Å²) < 4.78 is 2.04. The molecule has 0 amide bonds. The second-order valence-electron chi connectivity index (χ2n) is 5.86. The number of aryl methyl sites for hydroxylation is 1. The van der Waals surface area contributed by atoms with E-state index in [2.05, 4.69) is 32.4 Å². The zero-order chi connectivity index (χ0) is 17.2. The van der Waals surface area contributed by atoms with E-state index in [0.29, 0.717) is 5.82 Å². The van der Waals surface area contributed by atoms with Gasteiger partial charge in [0.15, 0.2) is 0 Å². The minimum Gasteiger partial charge on any atom is -0.384 e. The molecular weight excluding hydrogens is 312 g/mol. The summed E-state index contributed by atoms with van der Waals surface area (Å²) in [4.78, 5) is 13.3. The van der Waals surface area contributed by atoms with Crippen LogP contribution in [0.1, 0.15) is 5.56 Å². The maximum absolute atomic E-state index is 5.65. The van der Waals surface area contributed by atoms with Crippen LogP contribution in [0.2, 0.25) is 0 Å². The molecule has 0 radical (unpaired) electrons. The standard InChI is InChI=1S/C19H18N6/c1-25-17-9-15(14-7-8-18(20)22-11-14)21-12-16(17)24-19(25)23-10-13-5-3-2-4-6-13/h2-9,11-12H,10H2,1H3,(H2,20,22)(H,23,24). The molecule has 6 heteroatoms. The Kier molecular flexibility index (Phi) is 3.78. The molecule has 3 aromatic heterocycles. The van der Waals surface area contributed by atoms with Gasteiger partial charge >= 0.3 is 0 Å². The van der Waals surface area contributed by atoms with Gasteiger partial charge in [0.05, 0.1) is 17.4 Å². The van der Waals surface area contributed by atoms with Gasteiger partial charge in [-0.1, -0.05) is 30.3 Å². The minimum absolute atomic E-state index is 0.498. The van der Waals surface area contributed by atoms with Crippen molar-refractivity contribution in [2.24, 2.45) is 7.05 Å². The van der Waals surface area contributed by atoms with Gasteiger partial charge in [0, 0.05) is 25.4 Å². The van der Waals surface area contributed by atoms with Crippen molar-refractivity contribution in [2.75, 3.05) is 11.1 Å². The number of hydrogen-bond donors (Lipinski definition) is 2. The number of nitrogens with one attached hydrogen (secondary N) is 1. The molecular formula is C19H18N6. The van der Waals surface area contributed by atoms with Crippen LogP contribution < -0.4 is 11.1 Å². The number of anilines is 2. The van der Waals surface area contributed by atoms with E-state index in [4.69, 9.17) is 5.73 Å². The average Bonchev–Trinajstić information content (AvgIpc) is 2.97. The summed E-state index contributed by atoms with van der Waals surface area (Å²) in [6.45, 7) is 0.722. The van der Waals surface area contributed by atoms with Gasteiger partial charge in [0.2, 0.25) is 5.95 Å². The van der Waals surface area contributed by atoms with Crippen LogP contribution in [0.3, 0.4) is 0 Å². The fraction of sp³-hybridized carbons (Fsp3) is 0.105. The molecule has 0 aliphatic rings. The van der Waals surface area contributed by atoms with E-state index < -0.39 is 0 Å². The van der Waals surface area contributed by atoms with Gasteiger partial charge in [-0.3, -0.25) is 4.98 Å². The van der Waals surface area contributed by atoms with Gasteiger partial charge in [-0.05, 0) is 23.8 Å². The maximum atomic E-state index is 5.65. The number of imidazole rings is 1. The molecule has 0 saturated heterocycles. The Balaban J connectivity index is 1.64. The SMILES string of the molecule is Cn1c(NCc2ccccc2)nc2cnc(-c3ccc(N)nc3)cc21. The van der Waals surface area contributed by atoms with Crippen LogP contribution in [0.25, 0.3) is 22.3 Å². The lowest BCUT2D eigenvalue weighted by Gasteiger charge is -2.06. The van der Waals surface area contributed by atoms with Crippen LogP contribution >= 0.6 is 0 Å². The fourth-order valence-corrected chi connectivity index (χ4v) is 2.75. The van der Waals surface area contributed by atoms with Crippen molar-refractivity contribution < 1.29 is 0 Å². The lowest BCUT2D eigenvalue weighted by atomic mass is 10.2. The Morgan fingerprint density at radius 2 is 1.88 bits per heavy atom. The monoisotopic (exact) mass is 330 g/mol. The van der Waals surface area contributed by atoms with Crippen LogP contribution in [0.5, 0.6) is 0 Å². The maximum Gasteiger partial charge on any atom is 0.203 e. The third-order valence-electron chi connectivity index (χ3n) is 4.14. The number of aromatic nitrogens is 4. The first-order valence-corrected chi connectivity index (χ1v) is 8.03. The lowest BCUT2D eigenvalue weighted by Crippen LogP contribution is -2.04. The second kappa shape index (κ2) is 6.24. The van der Waals surface area contributed by atoms with E-state index in [1.54, 1.807) is 18.5 Å². The molecule has 4 aromatic rings. The number of rotatable bonds is 4. The molecule has 25 heavy (non-hydrogen) atoms. The van der Waals surface area contributed by atoms with Crippen molar-refractivity contribution in [3.05, 3.63) is 66.5 Å². The van der Waals surface area contributed by atoms with E-state index in [1.807, 2.05) is 41.9 Å². The normalized spacial score (nSPS) is 10.9. The van der Waals surface area contributed by atoms with Gasteiger partial charge < -0.3 is 15.6 Å². The molecule has 0 saturated carbocycles. The number of nitrogen functional groups attached to an aromatic ring is 1. The van der Waals surface area contributed by atoms with Crippen LogP contribution in [0.15, 0.2) is 60.9 Å². The van der Waals surface area contributed by atoms with Gasteiger partial charge in [0.1, 0.15) is 11.3 Å². The summed E-state index contributed by atoms with van der Waals surface area (Å²) in [5, 5.41) is 3.38. The van der Waals surface area contributed by atoms with Crippen LogP contribution in [-0.4, -0.2) is 19.5 Å². The highest BCUT2D eigenvalue weighted by molar-refractivity contribution is 5.81. The fourth-order valence-electron chi connectivity index (χ4n) is 2.75. The molecule has 3 heterocycles. The van der Waals surface area contributed by atoms with Crippen LogP contribution in [0, 0.1) is 0 Å². The number of nitrogens with two attached hydrogens (primary N) is 1. The van der Waals surface area contributed by atoms with Crippen molar-refractivity contribution in [1.29, 1.82) is 0 Å². The highest BCUT2D eigenvalue weighted by Gasteiger charge is 2.10. The first kappa shape index (κ1) is 15.1. The van der Waals surface area contributed by atoms with E-state index in [-0.39, 0.29) is 0 Å². The van der Waals surface area contributed by atoms with Crippen molar-refractivity contribution in [3.8, 4) is 11.3 Å². The summed E-state index contributed by atoms with van der Waals surface area (Å²) in [5.74, 6) is 1.31. The first-order chi connectivity index (χ1) is 12.2. The van der Waals surface area contributed by atoms with E-state index in [1.165, 1.54) is 5.56 Å². The molecule has 6 nitrogen and oxygen atoms in total. The molecule has 0 aliphatic carbocycles. The number of hydrogen-bond acceptors (Lipinski definition) is 5. The first-order valence-electron chi connectivity index (χ1n) is 8.03. The molecule has 0 bridgehead atoms. The predicted molar refractivity (Wildman–Crippen MR) is 99.9 cm³/mol. The quantitative estimate of drug-likeness (QED) is 0.600. The Morgan fingerprint density at radius 1 is 1.04 bits per heavy atom. The van der Waals surface area contributed by atoms with E-state index in [0.717, 1.165) is 34.8 Å². The summed E-state index contributed by atoms with van der Waals surface area (Å²) >= 11 is 0. The zero-order valence-electron chi connectivity index (χ0n) is 13.8. The smallest absolute Gasteiger partial charge is 0.203 e. The molecule has 0 fully saturated rings. The van der Waals surface area contributed by atoms with Crippen LogP contribution in [0.4, 0.5) is 11.8 Å². The summed E-state index contributed by atoms with van der Waals surface area (Å²) in [6.07, 6.45) is 3.52. The lowest BCUT2D eigenvalue weighted by molar-refractivity contribution is 0.927. The number of pyridine rings is 2. The van der Waals surface area contributed by atoms with Crippen LogP contribution in [-0.2, 0) is 13.6 Å². The Bertz CT molecular complexity index is 1010. The summed E-state index contributed by atoms with van der Waals surface area (Å²) in [7, 11) is 1.99. The van der Waals surface area contributed by atoms with E-state index in [9.17, 15) is 0 Å². The third kappa shape index (κ3) is 3.01. The average molecular weight is 330 g/mol. The summed E-state index contributed by atoms with van der Waals surface area (Å²) in [5.41, 5.74) is 10.5. The summed E-state index contributed by atoms with van der Waals surface area (Å²) in [6, 6.07) is 16.0. The van der Waals surface area contributed by atoms with Crippen molar-refractivity contribution >= 4 is 22.8 Å². The molecule has 124 valence electrons. The molecule has 1 aromatic carbocycles. The van der Waals surface area contributed by atoms with Crippen molar-refractivity contribution in [2.45, 2.75) is 6.54 Å². The minimum atomic E-state index is 0.498. The molecule has 0 unspecified atom stereocenters. The molecule has 4 rings (SSSR count).